The third-order valence-corrected chi connectivity index (χ3v) is 2.77. The molecule has 0 aliphatic heterocycles. The zero-order chi connectivity index (χ0) is 12.8. The Labute approximate surface area is 131 Å². The molecule has 1 aromatic carbocycles. The number of hydrogen-bond donors (Lipinski definition) is 2. The zero-order valence-electron chi connectivity index (χ0n) is 11.0. The summed E-state index contributed by atoms with van der Waals surface area (Å²) >= 11 is 0. The zero-order valence-corrected chi connectivity index (χ0v) is 13.3. The highest BCUT2D eigenvalue weighted by Crippen LogP contribution is 2.18. The van der Waals surface area contributed by atoms with Crippen LogP contribution in [0.2, 0.25) is 0 Å². The van der Waals surface area contributed by atoms with Crippen LogP contribution >= 0.6 is 24.0 Å². The summed E-state index contributed by atoms with van der Waals surface area (Å²) in [4.78, 5) is 4.53. The molecule has 0 amide bonds. The molecular formula is C14H19IN4. The van der Waals surface area contributed by atoms with Crippen LogP contribution in [0.15, 0.2) is 29.3 Å². The van der Waals surface area contributed by atoms with E-state index < -0.39 is 0 Å². The molecule has 19 heavy (non-hydrogen) atoms. The Morgan fingerprint density at radius 2 is 2.05 bits per heavy atom. The number of aliphatic imine (C=N–C) groups is 1. The summed E-state index contributed by atoms with van der Waals surface area (Å²) < 4.78 is 0. The monoisotopic (exact) mass is 370 g/mol. The number of hydrogen-bond acceptors (Lipinski definition) is 2. The second-order valence-electron chi connectivity index (χ2n) is 4.42. The molecule has 0 spiro atoms. The van der Waals surface area contributed by atoms with Gasteiger partial charge < -0.3 is 10.6 Å². The van der Waals surface area contributed by atoms with Crippen LogP contribution in [0.3, 0.4) is 0 Å². The van der Waals surface area contributed by atoms with Gasteiger partial charge in [0.25, 0.3) is 0 Å². The van der Waals surface area contributed by atoms with E-state index in [0.29, 0.717) is 18.2 Å². The summed E-state index contributed by atoms with van der Waals surface area (Å²) in [5.74, 6) is 0.879. The first-order valence-corrected chi connectivity index (χ1v) is 6.35. The maximum absolute atomic E-state index is 8.73. The van der Waals surface area contributed by atoms with Gasteiger partial charge in [-0.1, -0.05) is 12.1 Å². The quantitative estimate of drug-likeness (QED) is 0.486. The molecule has 1 fully saturated rings. The van der Waals surface area contributed by atoms with Crippen molar-refractivity contribution >= 4 is 29.9 Å². The first-order chi connectivity index (χ1) is 8.81. The van der Waals surface area contributed by atoms with Gasteiger partial charge in [0.2, 0.25) is 0 Å². The number of nitrogens with zero attached hydrogens (tertiary/aromatic N) is 2. The van der Waals surface area contributed by atoms with Gasteiger partial charge in [-0.3, -0.25) is 0 Å². The van der Waals surface area contributed by atoms with E-state index in [0.717, 1.165) is 18.1 Å². The first kappa shape index (κ1) is 15.8. The highest BCUT2D eigenvalue weighted by Gasteiger charge is 2.21. The molecule has 2 rings (SSSR count). The number of nitrogens with one attached hydrogen (secondary N) is 2. The van der Waals surface area contributed by atoms with Crippen LogP contribution in [0.5, 0.6) is 0 Å². The van der Waals surface area contributed by atoms with E-state index in [1.165, 1.54) is 12.8 Å². The number of rotatable bonds is 4. The molecular weight excluding hydrogens is 351 g/mol. The Morgan fingerprint density at radius 3 is 2.58 bits per heavy atom. The normalized spacial score (nSPS) is 14.2. The average Bonchev–Trinajstić information content (AvgIpc) is 3.21. The third-order valence-electron chi connectivity index (χ3n) is 2.77. The summed E-state index contributed by atoms with van der Waals surface area (Å²) in [6.07, 6.45) is 2.47. The van der Waals surface area contributed by atoms with E-state index in [4.69, 9.17) is 5.26 Å². The van der Waals surface area contributed by atoms with Crippen molar-refractivity contribution in [2.45, 2.75) is 32.4 Å². The molecule has 4 nitrogen and oxygen atoms in total. The molecule has 2 N–H and O–H groups in total. The minimum absolute atomic E-state index is 0. The van der Waals surface area contributed by atoms with Crippen molar-refractivity contribution in [1.82, 2.24) is 10.6 Å². The highest BCUT2D eigenvalue weighted by molar-refractivity contribution is 14.0. The lowest BCUT2D eigenvalue weighted by Crippen LogP contribution is -2.38. The lowest BCUT2D eigenvalue weighted by Gasteiger charge is -2.10. The van der Waals surface area contributed by atoms with Crippen molar-refractivity contribution in [3.63, 3.8) is 0 Å². The van der Waals surface area contributed by atoms with Crippen LogP contribution in [-0.4, -0.2) is 18.5 Å². The Morgan fingerprint density at radius 1 is 1.37 bits per heavy atom. The molecule has 1 aromatic rings. The lowest BCUT2D eigenvalue weighted by atomic mass is 10.1. The molecule has 102 valence electrons. The van der Waals surface area contributed by atoms with Gasteiger partial charge >= 0.3 is 0 Å². The summed E-state index contributed by atoms with van der Waals surface area (Å²) in [6, 6.07) is 10.3. The van der Waals surface area contributed by atoms with Gasteiger partial charge in [-0.25, -0.2) is 4.99 Å². The SMILES string of the molecule is CCNC(=NCc1ccc(C#N)cc1)NC1CC1.I. The second kappa shape index (κ2) is 8.00. The molecule has 0 atom stereocenters. The van der Waals surface area contributed by atoms with Gasteiger partial charge in [0.05, 0.1) is 18.2 Å². The molecule has 0 bridgehead atoms. The second-order valence-corrected chi connectivity index (χ2v) is 4.42. The van der Waals surface area contributed by atoms with Crippen LogP contribution in [0.25, 0.3) is 0 Å². The number of nitriles is 1. The third kappa shape index (κ3) is 5.47. The van der Waals surface area contributed by atoms with E-state index in [-0.39, 0.29) is 24.0 Å². The first-order valence-electron chi connectivity index (χ1n) is 6.35. The predicted molar refractivity (Wildman–Crippen MR) is 87.5 cm³/mol. The number of benzene rings is 1. The van der Waals surface area contributed by atoms with E-state index in [1.807, 2.05) is 24.3 Å². The summed E-state index contributed by atoms with van der Waals surface area (Å²) in [5.41, 5.74) is 1.80. The van der Waals surface area contributed by atoms with Gasteiger partial charge in [-0.2, -0.15) is 5.26 Å². The van der Waals surface area contributed by atoms with Gasteiger partial charge in [0, 0.05) is 12.6 Å². The smallest absolute Gasteiger partial charge is 0.191 e. The van der Waals surface area contributed by atoms with E-state index >= 15 is 0 Å². The Hall–Kier alpha value is -1.29. The molecule has 0 aromatic heterocycles. The van der Waals surface area contributed by atoms with Crippen molar-refractivity contribution in [3.05, 3.63) is 35.4 Å². The molecule has 0 radical (unpaired) electrons. The molecule has 1 aliphatic carbocycles. The van der Waals surface area contributed by atoms with E-state index in [1.54, 1.807) is 0 Å². The van der Waals surface area contributed by atoms with Crippen molar-refractivity contribution in [2.75, 3.05) is 6.54 Å². The molecule has 5 heteroatoms. The van der Waals surface area contributed by atoms with Gasteiger partial charge in [-0.15, -0.1) is 24.0 Å². The van der Waals surface area contributed by atoms with Crippen molar-refractivity contribution in [3.8, 4) is 6.07 Å². The fourth-order valence-corrected chi connectivity index (χ4v) is 1.60. The maximum Gasteiger partial charge on any atom is 0.191 e. The van der Waals surface area contributed by atoms with Gasteiger partial charge in [0.1, 0.15) is 0 Å². The number of halogens is 1. The van der Waals surface area contributed by atoms with Crippen LogP contribution in [0, 0.1) is 11.3 Å². The minimum Gasteiger partial charge on any atom is -0.357 e. The summed E-state index contributed by atoms with van der Waals surface area (Å²) in [7, 11) is 0. The molecule has 1 saturated carbocycles. The van der Waals surface area contributed by atoms with E-state index in [2.05, 4.69) is 28.6 Å². The maximum atomic E-state index is 8.73. The predicted octanol–water partition coefficient (Wildman–Crippen LogP) is 2.39. The van der Waals surface area contributed by atoms with Gasteiger partial charge in [-0.05, 0) is 37.5 Å². The van der Waals surface area contributed by atoms with Crippen molar-refractivity contribution < 1.29 is 0 Å². The highest BCUT2D eigenvalue weighted by atomic mass is 127. The standard InChI is InChI=1S/C14H18N4.HI/c1-2-16-14(18-13-7-8-13)17-10-12-5-3-11(9-15)4-6-12;/h3-6,13H,2,7-8,10H2,1H3,(H2,16,17,18);1H. The van der Waals surface area contributed by atoms with Crippen LogP contribution in [0.1, 0.15) is 30.9 Å². The van der Waals surface area contributed by atoms with Gasteiger partial charge in [0.15, 0.2) is 5.96 Å². The molecule has 1 aliphatic rings. The van der Waals surface area contributed by atoms with Crippen LogP contribution in [0.4, 0.5) is 0 Å². The van der Waals surface area contributed by atoms with Crippen LogP contribution in [-0.2, 0) is 6.54 Å². The Kier molecular flexibility index (Phi) is 6.64. The van der Waals surface area contributed by atoms with Crippen molar-refractivity contribution in [2.24, 2.45) is 4.99 Å². The average molecular weight is 370 g/mol. The summed E-state index contributed by atoms with van der Waals surface area (Å²) in [6.45, 7) is 3.56. The molecule has 0 saturated heterocycles. The Bertz CT molecular complexity index is 457. The fraction of sp³-hybridized carbons (Fsp3) is 0.429. The van der Waals surface area contributed by atoms with E-state index in [9.17, 15) is 0 Å². The van der Waals surface area contributed by atoms with Crippen LogP contribution < -0.4 is 10.6 Å². The van der Waals surface area contributed by atoms with Crippen molar-refractivity contribution in [1.29, 1.82) is 5.26 Å². The fourth-order valence-electron chi connectivity index (χ4n) is 1.60. The molecule has 0 heterocycles. The number of guanidine groups is 1. The summed E-state index contributed by atoms with van der Waals surface area (Å²) in [5, 5.41) is 15.3. The Balaban J connectivity index is 0.00000180. The minimum atomic E-state index is 0. The largest absolute Gasteiger partial charge is 0.357 e. The lowest BCUT2D eigenvalue weighted by molar-refractivity contribution is 0.812. The molecule has 0 unspecified atom stereocenters. The topological polar surface area (TPSA) is 60.2 Å².